The Balaban J connectivity index is 1.44. The molecule has 0 bridgehead atoms. The standard InChI is InChI=1S/C22H21FN2O4S/c1-14-4-3-5-18(12-14)28-11-10-24-19(26)13-29-22(27)20-15(2)25-21(30-20)16-6-8-17(23)9-7-16/h3-9,12H,10-11,13H2,1-2H3,(H,24,26). The maximum Gasteiger partial charge on any atom is 0.350 e. The Hall–Kier alpha value is -3.26. The van der Waals surface area contributed by atoms with E-state index in [0.29, 0.717) is 34.3 Å². The van der Waals surface area contributed by atoms with Crippen LogP contribution in [0.5, 0.6) is 5.75 Å². The average molecular weight is 428 g/mol. The number of carbonyl (C=O) groups is 2. The summed E-state index contributed by atoms with van der Waals surface area (Å²) in [5.41, 5.74) is 2.29. The van der Waals surface area contributed by atoms with E-state index in [1.807, 2.05) is 31.2 Å². The molecule has 0 unspecified atom stereocenters. The summed E-state index contributed by atoms with van der Waals surface area (Å²) >= 11 is 1.14. The van der Waals surface area contributed by atoms with E-state index in [0.717, 1.165) is 22.6 Å². The smallest absolute Gasteiger partial charge is 0.350 e. The number of halogens is 1. The van der Waals surface area contributed by atoms with Gasteiger partial charge in [-0.1, -0.05) is 12.1 Å². The summed E-state index contributed by atoms with van der Waals surface area (Å²) in [6.07, 6.45) is 0. The van der Waals surface area contributed by atoms with Gasteiger partial charge in [0.2, 0.25) is 0 Å². The van der Waals surface area contributed by atoms with Crippen LogP contribution in [0.25, 0.3) is 10.6 Å². The fraction of sp³-hybridized carbons (Fsp3) is 0.227. The molecule has 0 aliphatic carbocycles. The third-order valence-corrected chi connectivity index (χ3v) is 5.28. The lowest BCUT2D eigenvalue weighted by Crippen LogP contribution is -2.32. The van der Waals surface area contributed by atoms with Gasteiger partial charge in [0.1, 0.15) is 28.1 Å². The maximum atomic E-state index is 13.1. The normalized spacial score (nSPS) is 10.5. The number of rotatable bonds is 8. The van der Waals surface area contributed by atoms with E-state index in [9.17, 15) is 14.0 Å². The number of hydrogen-bond donors (Lipinski definition) is 1. The van der Waals surface area contributed by atoms with Crippen molar-refractivity contribution in [2.24, 2.45) is 0 Å². The summed E-state index contributed by atoms with van der Waals surface area (Å²) in [5.74, 6) is -0.656. The maximum absolute atomic E-state index is 13.1. The second-order valence-electron chi connectivity index (χ2n) is 6.53. The van der Waals surface area contributed by atoms with E-state index < -0.39 is 18.5 Å². The summed E-state index contributed by atoms with van der Waals surface area (Å²) in [5, 5.41) is 3.22. The molecule has 156 valence electrons. The lowest BCUT2D eigenvalue weighted by Gasteiger charge is -2.08. The fourth-order valence-electron chi connectivity index (χ4n) is 2.61. The molecule has 30 heavy (non-hydrogen) atoms. The number of nitrogens with one attached hydrogen (secondary N) is 1. The number of aryl methyl sites for hydroxylation is 2. The molecule has 1 N–H and O–H groups in total. The van der Waals surface area contributed by atoms with E-state index in [-0.39, 0.29) is 5.82 Å². The summed E-state index contributed by atoms with van der Waals surface area (Å²) in [6, 6.07) is 13.5. The average Bonchev–Trinajstić information content (AvgIpc) is 3.12. The van der Waals surface area contributed by atoms with Gasteiger partial charge in [-0.05, 0) is 55.8 Å². The zero-order chi connectivity index (χ0) is 21.5. The molecule has 6 nitrogen and oxygen atoms in total. The molecule has 0 atom stereocenters. The van der Waals surface area contributed by atoms with Crippen LogP contribution >= 0.6 is 11.3 Å². The first-order valence-electron chi connectivity index (χ1n) is 9.29. The van der Waals surface area contributed by atoms with Gasteiger partial charge in [0.25, 0.3) is 5.91 Å². The van der Waals surface area contributed by atoms with Crippen molar-refractivity contribution in [3.8, 4) is 16.3 Å². The molecule has 3 aromatic rings. The highest BCUT2D eigenvalue weighted by Gasteiger charge is 2.18. The van der Waals surface area contributed by atoms with Crippen molar-refractivity contribution >= 4 is 23.2 Å². The third kappa shape index (κ3) is 5.87. The Kier molecular flexibility index (Phi) is 7.13. The molecule has 0 fully saturated rings. The highest BCUT2D eigenvalue weighted by Crippen LogP contribution is 2.28. The summed E-state index contributed by atoms with van der Waals surface area (Å²) in [6.45, 7) is 3.85. The topological polar surface area (TPSA) is 77.5 Å². The van der Waals surface area contributed by atoms with Crippen LogP contribution in [0.1, 0.15) is 20.9 Å². The van der Waals surface area contributed by atoms with E-state index >= 15 is 0 Å². The van der Waals surface area contributed by atoms with Crippen LogP contribution in [0.2, 0.25) is 0 Å². The number of esters is 1. The van der Waals surface area contributed by atoms with Gasteiger partial charge in [-0.25, -0.2) is 14.2 Å². The van der Waals surface area contributed by atoms with E-state index in [1.165, 1.54) is 12.1 Å². The van der Waals surface area contributed by atoms with Crippen molar-refractivity contribution < 1.29 is 23.5 Å². The Morgan fingerprint density at radius 3 is 2.63 bits per heavy atom. The van der Waals surface area contributed by atoms with Gasteiger partial charge in [0.05, 0.1) is 12.2 Å². The van der Waals surface area contributed by atoms with Gasteiger partial charge in [-0.3, -0.25) is 4.79 Å². The molecule has 3 rings (SSSR count). The fourth-order valence-corrected chi connectivity index (χ4v) is 3.58. The molecule has 0 aliphatic heterocycles. The van der Waals surface area contributed by atoms with Gasteiger partial charge in [-0.15, -0.1) is 11.3 Å². The first kappa shape index (κ1) is 21.4. The minimum Gasteiger partial charge on any atom is -0.492 e. The van der Waals surface area contributed by atoms with E-state index in [4.69, 9.17) is 9.47 Å². The summed E-state index contributed by atoms with van der Waals surface area (Å²) in [4.78, 5) is 28.8. The van der Waals surface area contributed by atoms with Gasteiger partial charge in [0, 0.05) is 5.56 Å². The molecule has 2 aromatic carbocycles. The lowest BCUT2D eigenvalue weighted by molar-refractivity contribution is -0.124. The van der Waals surface area contributed by atoms with Crippen molar-refractivity contribution in [1.29, 1.82) is 0 Å². The van der Waals surface area contributed by atoms with Crippen LogP contribution in [0.3, 0.4) is 0 Å². The molecule has 8 heteroatoms. The van der Waals surface area contributed by atoms with Crippen molar-refractivity contribution in [1.82, 2.24) is 10.3 Å². The Bertz CT molecular complexity index is 1030. The van der Waals surface area contributed by atoms with E-state index in [1.54, 1.807) is 19.1 Å². The van der Waals surface area contributed by atoms with Crippen molar-refractivity contribution in [3.05, 3.63) is 70.5 Å². The Labute approximate surface area is 177 Å². The predicted molar refractivity (Wildman–Crippen MR) is 112 cm³/mol. The van der Waals surface area contributed by atoms with Gasteiger partial charge < -0.3 is 14.8 Å². The molecule has 0 saturated carbocycles. The summed E-state index contributed by atoms with van der Waals surface area (Å²) in [7, 11) is 0. The molecule has 0 radical (unpaired) electrons. The zero-order valence-electron chi connectivity index (χ0n) is 16.6. The number of ether oxygens (including phenoxy) is 2. The number of thiazole rings is 1. The van der Waals surface area contributed by atoms with Crippen LogP contribution in [0.15, 0.2) is 48.5 Å². The van der Waals surface area contributed by atoms with Gasteiger partial charge in [0.15, 0.2) is 6.61 Å². The van der Waals surface area contributed by atoms with Crippen LogP contribution in [-0.2, 0) is 9.53 Å². The van der Waals surface area contributed by atoms with Crippen LogP contribution in [-0.4, -0.2) is 36.6 Å². The molecule has 0 spiro atoms. The SMILES string of the molecule is Cc1cccc(OCCNC(=O)COC(=O)c2sc(-c3ccc(F)cc3)nc2C)c1. The highest BCUT2D eigenvalue weighted by molar-refractivity contribution is 7.17. The Morgan fingerprint density at radius 1 is 1.13 bits per heavy atom. The first-order chi connectivity index (χ1) is 14.4. The minimum absolute atomic E-state index is 0.290. The molecule has 1 heterocycles. The second-order valence-corrected chi connectivity index (χ2v) is 7.53. The molecule has 1 aromatic heterocycles. The van der Waals surface area contributed by atoms with Crippen molar-refractivity contribution in [2.45, 2.75) is 13.8 Å². The lowest BCUT2D eigenvalue weighted by atomic mass is 10.2. The van der Waals surface area contributed by atoms with Crippen molar-refractivity contribution in [3.63, 3.8) is 0 Å². The third-order valence-electron chi connectivity index (χ3n) is 4.09. The number of aromatic nitrogens is 1. The predicted octanol–water partition coefficient (Wildman–Crippen LogP) is 3.92. The molecule has 0 aliphatic rings. The van der Waals surface area contributed by atoms with Gasteiger partial charge >= 0.3 is 5.97 Å². The highest BCUT2D eigenvalue weighted by atomic mass is 32.1. The van der Waals surface area contributed by atoms with Crippen molar-refractivity contribution in [2.75, 3.05) is 19.8 Å². The number of nitrogens with zero attached hydrogens (tertiary/aromatic N) is 1. The monoisotopic (exact) mass is 428 g/mol. The first-order valence-corrected chi connectivity index (χ1v) is 10.1. The van der Waals surface area contributed by atoms with E-state index in [2.05, 4.69) is 10.3 Å². The van der Waals surface area contributed by atoms with Crippen LogP contribution in [0.4, 0.5) is 4.39 Å². The molecule has 1 amide bonds. The Morgan fingerprint density at radius 2 is 1.90 bits per heavy atom. The van der Waals surface area contributed by atoms with Crippen LogP contribution < -0.4 is 10.1 Å². The number of benzene rings is 2. The second kappa shape index (κ2) is 9.98. The van der Waals surface area contributed by atoms with Gasteiger partial charge in [-0.2, -0.15) is 0 Å². The number of amides is 1. The quantitative estimate of drug-likeness (QED) is 0.435. The molecule has 0 saturated heterocycles. The number of hydrogen-bond acceptors (Lipinski definition) is 6. The largest absolute Gasteiger partial charge is 0.492 e. The van der Waals surface area contributed by atoms with Crippen LogP contribution in [0, 0.1) is 19.7 Å². The molecular formula is C22H21FN2O4S. The minimum atomic E-state index is -0.621. The zero-order valence-corrected chi connectivity index (χ0v) is 17.4. The number of carbonyl (C=O) groups excluding carboxylic acids is 2. The summed E-state index contributed by atoms with van der Waals surface area (Å²) < 4.78 is 23.7. The molecular weight excluding hydrogens is 407 g/mol.